The molecule has 3 aromatic rings. The van der Waals surface area contributed by atoms with Gasteiger partial charge >= 0.3 is 0 Å². The second kappa shape index (κ2) is 10.4. The summed E-state index contributed by atoms with van der Waals surface area (Å²) >= 11 is 1.64. The molecule has 0 bridgehead atoms. The summed E-state index contributed by atoms with van der Waals surface area (Å²) in [5, 5.41) is 5.80. The molecule has 164 valence electrons. The van der Waals surface area contributed by atoms with E-state index in [9.17, 15) is 9.59 Å². The van der Waals surface area contributed by atoms with E-state index in [1.807, 2.05) is 48.7 Å². The summed E-state index contributed by atoms with van der Waals surface area (Å²) in [5.74, 6) is 0.839. The first-order valence-corrected chi connectivity index (χ1v) is 12.0. The fourth-order valence-electron chi connectivity index (χ4n) is 3.86. The van der Waals surface area contributed by atoms with E-state index in [0.717, 1.165) is 17.9 Å². The number of carbonyl (C=O) groups excluding carboxylic acids is 2. The zero-order valence-corrected chi connectivity index (χ0v) is 18.8. The number of amides is 2. The number of para-hydroxylation sites is 1. The van der Waals surface area contributed by atoms with Gasteiger partial charge in [-0.05, 0) is 71.4 Å². The summed E-state index contributed by atoms with van der Waals surface area (Å²) in [7, 11) is 0. The zero-order valence-electron chi connectivity index (χ0n) is 18.0. The molecule has 0 spiro atoms. The molecule has 0 unspecified atom stereocenters. The van der Waals surface area contributed by atoms with E-state index in [1.54, 1.807) is 23.9 Å². The highest BCUT2D eigenvalue weighted by molar-refractivity contribution is 7.98. The van der Waals surface area contributed by atoms with Crippen LogP contribution in [0.3, 0.4) is 0 Å². The molecule has 3 aromatic carbocycles. The highest BCUT2D eigenvalue weighted by atomic mass is 32.2. The zero-order chi connectivity index (χ0) is 22.3. The standard InChI is InChI=1S/C26H26N2O3S/c1-32-14-13-24(28-25(29)17-31-21-8-3-2-4-9-21)26(30)27-20-11-12-23-19(16-20)15-18-7-5-6-10-22(18)23/h2-12,16,24H,13-15,17H2,1H3,(H,27,30)(H,28,29)/t24-/m0/s1. The summed E-state index contributed by atoms with van der Waals surface area (Å²) in [4.78, 5) is 25.4. The van der Waals surface area contributed by atoms with Crippen molar-refractivity contribution >= 4 is 29.3 Å². The molecule has 1 atom stereocenters. The van der Waals surface area contributed by atoms with Gasteiger partial charge in [0, 0.05) is 5.69 Å². The van der Waals surface area contributed by atoms with Crippen LogP contribution in [0.15, 0.2) is 72.8 Å². The Hall–Kier alpha value is -3.25. The molecule has 0 heterocycles. The van der Waals surface area contributed by atoms with Crippen molar-refractivity contribution in [3.8, 4) is 16.9 Å². The number of anilines is 1. The van der Waals surface area contributed by atoms with Crippen LogP contribution in [0.4, 0.5) is 5.69 Å². The van der Waals surface area contributed by atoms with Gasteiger partial charge in [-0.3, -0.25) is 9.59 Å². The van der Waals surface area contributed by atoms with Crippen molar-refractivity contribution in [3.05, 3.63) is 83.9 Å². The van der Waals surface area contributed by atoms with Gasteiger partial charge in [-0.2, -0.15) is 11.8 Å². The summed E-state index contributed by atoms with van der Waals surface area (Å²) in [6, 6.07) is 22.9. The number of carbonyl (C=O) groups is 2. The fourth-order valence-corrected chi connectivity index (χ4v) is 4.33. The van der Waals surface area contributed by atoms with Crippen LogP contribution in [0, 0.1) is 0 Å². The maximum Gasteiger partial charge on any atom is 0.258 e. The second-order valence-corrected chi connectivity index (χ2v) is 8.68. The lowest BCUT2D eigenvalue weighted by molar-refractivity contribution is -0.127. The van der Waals surface area contributed by atoms with Crippen LogP contribution in [0.2, 0.25) is 0 Å². The Balaban J connectivity index is 1.38. The minimum Gasteiger partial charge on any atom is -0.484 e. The van der Waals surface area contributed by atoms with E-state index in [0.29, 0.717) is 12.2 Å². The van der Waals surface area contributed by atoms with Gasteiger partial charge in [-0.25, -0.2) is 0 Å². The maximum absolute atomic E-state index is 13.0. The first kappa shape index (κ1) is 22.0. The van der Waals surface area contributed by atoms with E-state index in [-0.39, 0.29) is 18.4 Å². The summed E-state index contributed by atoms with van der Waals surface area (Å²) < 4.78 is 5.50. The molecular weight excluding hydrogens is 420 g/mol. The third-order valence-corrected chi connectivity index (χ3v) is 6.08. The first-order valence-electron chi connectivity index (χ1n) is 10.6. The number of rotatable bonds is 9. The molecule has 1 aliphatic rings. The quantitative estimate of drug-likeness (QED) is 0.397. The van der Waals surface area contributed by atoms with Crippen molar-refractivity contribution in [3.63, 3.8) is 0 Å². The number of fused-ring (bicyclic) bond motifs is 3. The first-order chi connectivity index (χ1) is 15.6. The Labute approximate surface area is 192 Å². The molecule has 2 N–H and O–H groups in total. The fraction of sp³-hybridized carbons (Fsp3) is 0.231. The van der Waals surface area contributed by atoms with Crippen LogP contribution in [0.5, 0.6) is 5.75 Å². The minimum atomic E-state index is -0.625. The molecule has 4 rings (SSSR count). The lowest BCUT2D eigenvalue weighted by atomic mass is 10.1. The molecule has 6 heteroatoms. The Kier molecular flexibility index (Phi) is 7.12. The Morgan fingerprint density at radius 3 is 2.53 bits per heavy atom. The molecule has 32 heavy (non-hydrogen) atoms. The van der Waals surface area contributed by atoms with Gasteiger partial charge in [-0.1, -0.05) is 48.5 Å². The van der Waals surface area contributed by atoms with E-state index in [4.69, 9.17) is 4.74 Å². The molecule has 2 amide bonds. The molecular formula is C26H26N2O3S. The molecule has 0 fully saturated rings. The average molecular weight is 447 g/mol. The van der Waals surface area contributed by atoms with Crippen molar-refractivity contribution < 1.29 is 14.3 Å². The highest BCUT2D eigenvalue weighted by Gasteiger charge is 2.22. The van der Waals surface area contributed by atoms with Gasteiger partial charge in [0.15, 0.2) is 6.61 Å². The smallest absolute Gasteiger partial charge is 0.258 e. The molecule has 0 saturated carbocycles. The number of ether oxygens (including phenoxy) is 1. The molecule has 0 aliphatic heterocycles. The second-order valence-electron chi connectivity index (χ2n) is 7.70. The predicted octanol–water partition coefficient (Wildman–Crippen LogP) is 4.51. The van der Waals surface area contributed by atoms with Gasteiger partial charge in [-0.15, -0.1) is 0 Å². The van der Waals surface area contributed by atoms with E-state index < -0.39 is 6.04 Å². The third-order valence-electron chi connectivity index (χ3n) is 5.44. The average Bonchev–Trinajstić information content (AvgIpc) is 3.18. The normalized spacial score (nSPS) is 12.4. The summed E-state index contributed by atoms with van der Waals surface area (Å²) in [5.41, 5.74) is 5.71. The molecule has 5 nitrogen and oxygen atoms in total. The van der Waals surface area contributed by atoms with Crippen molar-refractivity contribution in [2.24, 2.45) is 0 Å². The molecule has 0 radical (unpaired) electrons. The third kappa shape index (κ3) is 5.32. The predicted molar refractivity (Wildman–Crippen MR) is 130 cm³/mol. The van der Waals surface area contributed by atoms with E-state index in [2.05, 4.69) is 28.8 Å². The summed E-state index contributed by atoms with van der Waals surface area (Å²) in [6.07, 6.45) is 3.38. The lowest BCUT2D eigenvalue weighted by Crippen LogP contribution is -2.45. The largest absolute Gasteiger partial charge is 0.484 e. The van der Waals surface area contributed by atoms with Crippen molar-refractivity contribution in [1.29, 1.82) is 0 Å². The minimum absolute atomic E-state index is 0.135. The molecule has 1 aliphatic carbocycles. The van der Waals surface area contributed by atoms with Crippen LogP contribution in [-0.4, -0.2) is 36.5 Å². The van der Waals surface area contributed by atoms with Crippen LogP contribution < -0.4 is 15.4 Å². The summed E-state index contributed by atoms with van der Waals surface area (Å²) in [6.45, 7) is -0.135. The topological polar surface area (TPSA) is 67.4 Å². The van der Waals surface area contributed by atoms with E-state index in [1.165, 1.54) is 22.3 Å². The maximum atomic E-state index is 13.0. The van der Waals surface area contributed by atoms with Gasteiger partial charge in [0.25, 0.3) is 5.91 Å². The number of thioether (sulfide) groups is 1. The molecule has 0 saturated heterocycles. The van der Waals surface area contributed by atoms with Gasteiger partial charge < -0.3 is 15.4 Å². The van der Waals surface area contributed by atoms with Crippen LogP contribution in [-0.2, 0) is 16.0 Å². The Morgan fingerprint density at radius 2 is 1.72 bits per heavy atom. The number of hydrogen-bond acceptors (Lipinski definition) is 4. The van der Waals surface area contributed by atoms with Crippen LogP contribution in [0.25, 0.3) is 11.1 Å². The highest BCUT2D eigenvalue weighted by Crippen LogP contribution is 2.37. The Bertz CT molecular complexity index is 1100. The van der Waals surface area contributed by atoms with Gasteiger partial charge in [0.2, 0.25) is 5.91 Å². The van der Waals surface area contributed by atoms with Gasteiger partial charge in [0.05, 0.1) is 0 Å². The number of nitrogens with one attached hydrogen (secondary N) is 2. The Morgan fingerprint density at radius 1 is 0.969 bits per heavy atom. The van der Waals surface area contributed by atoms with Crippen LogP contribution in [0.1, 0.15) is 17.5 Å². The van der Waals surface area contributed by atoms with Gasteiger partial charge in [0.1, 0.15) is 11.8 Å². The molecule has 0 aromatic heterocycles. The van der Waals surface area contributed by atoms with Crippen LogP contribution >= 0.6 is 11.8 Å². The number of hydrogen-bond donors (Lipinski definition) is 2. The SMILES string of the molecule is CSCC[C@H](NC(=O)COc1ccccc1)C(=O)Nc1ccc2c(c1)Cc1ccccc1-2. The van der Waals surface area contributed by atoms with Crippen molar-refractivity contribution in [1.82, 2.24) is 5.32 Å². The monoisotopic (exact) mass is 446 g/mol. The number of benzene rings is 3. The van der Waals surface area contributed by atoms with Crippen molar-refractivity contribution in [2.75, 3.05) is 23.9 Å². The van der Waals surface area contributed by atoms with E-state index >= 15 is 0 Å². The lowest BCUT2D eigenvalue weighted by Gasteiger charge is -2.19. The van der Waals surface area contributed by atoms with Crippen molar-refractivity contribution in [2.45, 2.75) is 18.9 Å².